The van der Waals surface area contributed by atoms with E-state index in [4.69, 9.17) is 5.73 Å². The first-order valence-corrected chi connectivity index (χ1v) is 7.59. The highest BCUT2D eigenvalue weighted by molar-refractivity contribution is 7.82. The highest BCUT2D eigenvalue weighted by Crippen LogP contribution is 2.17. The van der Waals surface area contributed by atoms with E-state index in [2.05, 4.69) is 24.2 Å². The van der Waals surface area contributed by atoms with Gasteiger partial charge in [-0.15, -0.1) is 0 Å². The summed E-state index contributed by atoms with van der Waals surface area (Å²) in [6.45, 7) is 2.55. The predicted octanol–water partition coefficient (Wildman–Crippen LogP) is 2.70. The minimum Gasteiger partial charge on any atom is -0.366 e. The molecular formula is C17H19N3O2S. The number of amides is 3. The Hall–Kier alpha value is -2.47. The van der Waals surface area contributed by atoms with Crippen molar-refractivity contribution in [3.63, 3.8) is 0 Å². The maximum absolute atomic E-state index is 12.1. The smallest absolute Gasteiger partial charge is 0.331 e. The molecule has 0 aromatic heterocycles. The molecule has 3 N–H and O–H groups in total. The Bertz CT molecular complexity index is 701. The molecule has 0 saturated carbocycles. The summed E-state index contributed by atoms with van der Waals surface area (Å²) in [6, 6.07) is 14.2. The molecule has 6 heteroatoms. The van der Waals surface area contributed by atoms with Crippen LogP contribution in [0.15, 0.2) is 48.5 Å². The zero-order chi connectivity index (χ0) is 16.8. The van der Waals surface area contributed by atoms with Crippen LogP contribution in [0.5, 0.6) is 0 Å². The fourth-order valence-electron chi connectivity index (χ4n) is 2.14. The SMILES string of the molecule is Cc1cccc(CCNC(=O)N(S)c2ccc(C(N)=O)cc2)c1. The highest BCUT2D eigenvalue weighted by atomic mass is 32.1. The van der Waals surface area contributed by atoms with E-state index in [0.717, 1.165) is 6.42 Å². The second-order valence-electron chi connectivity index (χ2n) is 5.19. The van der Waals surface area contributed by atoms with Crippen molar-refractivity contribution >= 4 is 30.4 Å². The molecule has 0 aliphatic carbocycles. The molecule has 0 radical (unpaired) electrons. The monoisotopic (exact) mass is 329 g/mol. The lowest BCUT2D eigenvalue weighted by atomic mass is 10.1. The number of benzene rings is 2. The first kappa shape index (κ1) is 16.9. The van der Waals surface area contributed by atoms with Crippen LogP contribution in [-0.2, 0) is 6.42 Å². The molecule has 3 amide bonds. The number of hydrogen-bond donors (Lipinski definition) is 3. The Morgan fingerprint density at radius 1 is 1.17 bits per heavy atom. The maximum Gasteiger partial charge on any atom is 0.331 e. The van der Waals surface area contributed by atoms with Crippen LogP contribution < -0.4 is 15.4 Å². The van der Waals surface area contributed by atoms with Gasteiger partial charge in [-0.05, 0) is 43.2 Å². The minimum atomic E-state index is -0.509. The van der Waals surface area contributed by atoms with Crippen LogP contribution in [0, 0.1) is 6.92 Å². The largest absolute Gasteiger partial charge is 0.366 e. The zero-order valence-electron chi connectivity index (χ0n) is 12.8. The molecule has 0 spiro atoms. The summed E-state index contributed by atoms with van der Waals surface area (Å²) in [5.41, 5.74) is 8.49. The molecule has 0 unspecified atom stereocenters. The molecule has 0 fully saturated rings. The summed E-state index contributed by atoms with van der Waals surface area (Å²) in [4.78, 5) is 23.1. The summed E-state index contributed by atoms with van der Waals surface area (Å²) < 4.78 is 1.20. The number of carbonyl (C=O) groups excluding carboxylic acids is 2. The summed E-state index contributed by atoms with van der Waals surface area (Å²) >= 11 is 4.18. The van der Waals surface area contributed by atoms with Gasteiger partial charge < -0.3 is 11.1 Å². The second-order valence-corrected chi connectivity index (χ2v) is 5.59. The van der Waals surface area contributed by atoms with Gasteiger partial charge in [0.2, 0.25) is 5.91 Å². The van der Waals surface area contributed by atoms with Crippen LogP contribution in [0.1, 0.15) is 21.5 Å². The van der Waals surface area contributed by atoms with Crippen molar-refractivity contribution < 1.29 is 9.59 Å². The lowest BCUT2D eigenvalue weighted by molar-refractivity contribution is 0.100. The van der Waals surface area contributed by atoms with Gasteiger partial charge in [0, 0.05) is 12.1 Å². The minimum absolute atomic E-state index is 0.326. The third kappa shape index (κ3) is 4.75. The van der Waals surface area contributed by atoms with Gasteiger partial charge in [-0.3, -0.25) is 4.79 Å². The molecule has 23 heavy (non-hydrogen) atoms. The normalized spacial score (nSPS) is 10.2. The highest BCUT2D eigenvalue weighted by Gasteiger charge is 2.12. The van der Waals surface area contributed by atoms with Crippen LogP contribution in [0.4, 0.5) is 10.5 Å². The summed E-state index contributed by atoms with van der Waals surface area (Å²) in [5.74, 6) is -0.509. The van der Waals surface area contributed by atoms with E-state index in [1.54, 1.807) is 24.3 Å². The molecular weight excluding hydrogens is 310 g/mol. The maximum atomic E-state index is 12.1. The molecule has 0 bridgehead atoms. The predicted molar refractivity (Wildman–Crippen MR) is 94.7 cm³/mol. The number of nitrogens with two attached hydrogens (primary N) is 1. The number of nitrogens with zero attached hydrogens (tertiary/aromatic N) is 1. The molecule has 0 atom stereocenters. The van der Waals surface area contributed by atoms with Gasteiger partial charge in [0.05, 0.1) is 5.69 Å². The summed E-state index contributed by atoms with van der Waals surface area (Å²) in [6.07, 6.45) is 0.746. The van der Waals surface area contributed by atoms with Crippen molar-refractivity contribution in [1.29, 1.82) is 0 Å². The number of rotatable bonds is 5. The molecule has 2 aromatic carbocycles. The Morgan fingerprint density at radius 2 is 1.87 bits per heavy atom. The van der Waals surface area contributed by atoms with Crippen molar-refractivity contribution in [2.45, 2.75) is 13.3 Å². The number of anilines is 1. The van der Waals surface area contributed by atoms with Crippen molar-refractivity contribution in [1.82, 2.24) is 5.32 Å². The first-order valence-electron chi connectivity index (χ1n) is 7.19. The van der Waals surface area contributed by atoms with E-state index in [1.165, 1.54) is 15.4 Å². The molecule has 2 rings (SSSR count). The van der Waals surface area contributed by atoms with Crippen molar-refractivity contribution in [2.75, 3.05) is 10.8 Å². The van der Waals surface area contributed by atoms with E-state index in [9.17, 15) is 9.59 Å². The van der Waals surface area contributed by atoms with Crippen LogP contribution >= 0.6 is 12.8 Å². The standard InChI is InChI=1S/C17H19N3O2S/c1-12-3-2-4-13(11-12)9-10-19-17(22)20(23)15-7-5-14(6-8-15)16(18)21/h2-8,11,23H,9-10H2,1H3,(H2,18,21)(H,19,22). The van der Waals surface area contributed by atoms with Crippen LogP contribution in [-0.4, -0.2) is 18.5 Å². The average molecular weight is 329 g/mol. The van der Waals surface area contributed by atoms with E-state index in [1.807, 2.05) is 25.1 Å². The average Bonchev–Trinajstić information content (AvgIpc) is 2.54. The van der Waals surface area contributed by atoms with Crippen molar-refractivity contribution in [3.8, 4) is 0 Å². The van der Waals surface area contributed by atoms with Gasteiger partial charge in [-0.25, -0.2) is 9.10 Å². The van der Waals surface area contributed by atoms with E-state index < -0.39 is 5.91 Å². The molecule has 2 aromatic rings. The topological polar surface area (TPSA) is 75.4 Å². The number of urea groups is 1. The van der Waals surface area contributed by atoms with E-state index in [-0.39, 0.29) is 6.03 Å². The van der Waals surface area contributed by atoms with Gasteiger partial charge >= 0.3 is 6.03 Å². The molecule has 5 nitrogen and oxygen atoms in total. The molecule has 0 saturated heterocycles. The third-order valence-electron chi connectivity index (χ3n) is 3.36. The van der Waals surface area contributed by atoms with Crippen molar-refractivity contribution in [2.24, 2.45) is 5.73 Å². The summed E-state index contributed by atoms with van der Waals surface area (Å²) in [5, 5.41) is 2.81. The first-order chi connectivity index (χ1) is 11.0. The third-order valence-corrected chi connectivity index (χ3v) is 3.77. The Morgan fingerprint density at radius 3 is 2.48 bits per heavy atom. The second kappa shape index (κ2) is 7.69. The number of hydrogen-bond acceptors (Lipinski definition) is 3. The Labute approximate surface area is 141 Å². The van der Waals surface area contributed by atoms with Gasteiger partial charge in [-0.1, -0.05) is 42.6 Å². The van der Waals surface area contributed by atoms with Crippen molar-refractivity contribution in [3.05, 3.63) is 65.2 Å². The van der Waals surface area contributed by atoms with Crippen LogP contribution in [0.25, 0.3) is 0 Å². The van der Waals surface area contributed by atoms with Crippen LogP contribution in [0.3, 0.4) is 0 Å². The number of carbonyl (C=O) groups is 2. The fourth-order valence-corrected chi connectivity index (χ4v) is 2.34. The Balaban J connectivity index is 1.88. The molecule has 0 heterocycles. The lowest BCUT2D eigenvalue weighted by Gasteiger charge is -2.16. The van der Waals surface area contributed by atoms with Gasteiger partial charge in [-0.2, -0.15) is 0 Å². The summed E-state index contributed by atoms with van der Waals surface area (Å²) in [7, 11) is 0. The zero-order valence-corrected chi connectivity index (χ0v) is 13.7. The van der Waals surface area contributed by atoms with Gasteiger partial charge in [0.25, 0.3) is 0 Å². The number of primary amides is 1. The molecule has 120 valence electrons. The molecule has 0 aliphatic heterocycles. The van der Waals surface area contributed by atoms with E-state index >= 15 is 0 Å². The fraction of sp³-hybridized carbons (Fsp3) is 0.176. The number of thiol groups is 1. The quantitative estimate of drug-likeness (QED) is 0.738. The number of aryl methyl sites for hydroxylation is 1. The van der Waals surface area contributed by atoms with Gasteiger partial charge in [0.15, 0.2) is 0 Å². The van der Waals surface area contributed by atoms with E-state index in [0.29, 0.717) is 17.8 Å². The number of nitrogens with one attached hydrogen (secondary N) is 1. The molecule has 0 aliphatic rings. The van der Waals surface area contributed by atoms with Gasteiger partial charge in [0.1, 0.15) is 0 Å². The van der Waals surface area contributed by atoms with Crippen LogP contribution in [0.2, 0.25) is 0 Å². The Kier molecular flexibility index (Phi) is 5.65. The lowest BCUT2D eigenvalue weighted by Crippen LogP contribution is -2.35.